The number of rotatable bonds is 2. The molecule has 1 saturated heterocycles. The molecule has 4 rings (SSSR count). The summed E-state index contributed by atoms with van der Waals surface area (Å²) in [6.45, 7) is 4.38. The van der Waals surface area contributed by atoms with Crippen LogP contribution in [0.4, 0.5) is 0 Å². The van der Waals surface area contributed by atoms with Crippen molar-refractivity contribution in [1.29, 1.82) is 0 Å². The van der Waals surface area contributed by atoms with Crippen LogP contribution in [0.5, 0.6) is 0 Å². The molecule has 3 saturated carbocycles. The number of sulfonamides is 1. The van der Waals surface area contributed by atoms with Crippen molar-refractivity contribution in [3.05, 3.63) is 43.8 Å². The molecule has 1 aliphatic heterocycles. The van der Waals surface area contributed by atoms with Crippen LogP contribution in [-0.4, -0.2) is 30.4 Å². The Labute approximate surface area is 139 Å². The Bertz CT molecular complexity index is 660. The smallest absolute Gasteiger partial charge is 0.260 e. The van der Waals surface area contributed by atoms with Crippen LogP contribution in [0.3, 0.4) is 0 Å². The fourth-order valence-electron chi connectivity index (χ4n) is 5.32. The molecule has 4 nitrogen and oxygen atoms in total. The van der Waals surface area contributed by atoms with E-state index >= 15 is 0 Å². The normalized spacial score (nSPS) is 41.0. The molecule has 0 aromatic rings. The van der Waals surface area contributed by atoms with Crippen molar-refractivity contribution < 1.29 is 13.2 Å². The van der Waals surface area contributed by atoms with Crippen LogP contribution in [-0.2, 0) is 14.8 Å². The average Bonchev–Trinajstić information content (AvgIpc) is 3.15. The van der Waals surface area contributed by atoms with Gasteiger partial charge < -0.3 is 0 Å². The summed E-state index contributed by atoms with van der Waals surface area (Å²) >= 11 is 0. The van der Waals surface area contributed by atoms with Gasteiger partial charge in [-0.15, -0.1) is 0 Å². The van der Waals surface area contributed by atoms with E-state index in [1.807, 2.05) is 25.7 Å². The number of allylic oxidation sites excluding steroid dienone is 1. The fraction of sp³-hybridized carbons (Fsp3) is 0.556. The SMILES string of the molecule is CC1(C)[C@@H]2CC[C@]13CS(=O)(=O)N(C(=O)/C=C/[C]1[CH][CH][CH][CH]1)[C@@H]3C2. The number of fused-ring (bicyclic) bond motifs is 1. The van der Waals surface area contributed by atoms with Crippen LogP contribution >= 0.6 is 0 Å². The van der Waals surface area contributed by atoms with E-state index in [2.05, 4.69) is 13.8 Å². The summed E-state index contributed by atoms with van der Waals surface area (Å²) in [5.74, 6) is 1.18. The number of nitrogens with zero attached hydrogens (tertiary/aromatic N) is 1. The lowest BCUT2D eigenvalue weighted by Gasteiger charge is -2.36. The van der Waals surface area contributed by atoms with Crippen LogP contribution in [0.15, 0.2) is 12.2 Å². The summed E-state index contributed by atoms with van der Waals surface area (Å²) in [5, 5.41) is 0. The van der Waals surface area contributed by atoms with Gasteiger partial charge in [0.1, 0.15) is 0 Å². The minimum Gasteiger partial charge on any atom is -0.269 e. The molecule has 1 spiro atoms. The molecule has 4 aliphatic rings. The molecule has 3 aliphatic carbocycles. The van der Waals surface area contributed by atoms with Crippen LogP contribution in [0, 0.1) is 48.3 Å². The van der Waals surface area contributed by atoms with Crippen molar-refractivity contribution in [2.45, 2.75) is 39.2 Å². The third-order valence-corrected chi connectivity index (χ3v) is 8.65. The molecule has 123 valence electrons. The highest BCUT2D eigenvalue weighted by atomic mass is 32.2. The zero-order valence-electron chi connectivity index (χ0n) is 13.5. The molecule has 1 heterocycles. The topological polar surface area (TPSA) is 54.5 Å². The van der Waals surface area contributed by atoms with Gasteiger partial charge in [0.25, 0.3) is 5.91 Å². The standard InChI is InChI=1S/C18H22NO3S/c1-17(2)14-9-10-18(17)12-23(21,22)19(15(18)11-14)16(20)8-7-13-5-3-4-6-13/h3-8,14-15H,9-12H2,1-2H3/b8-7+/t14-,15-,18-/m1/s1. The second-order valence-corrected chi connectivity index (χ2v) is 9.65. The summed E-state index contributed by atoms with van der Waals surface area (Å²) in [6, 6.07) is -0.155. The summed E-state index contributed by atoms with van der Waals surface area (Å²) in [6.07, 6.45) is 13.5. The first-order valence-electron chi connectivity index (χ1n) is 8.24. The molecule has 0 unspecified atom stereocenters. The lowest BCUT2D eigenvalue weighted by atomic mass is 9.69. The monoisotopic (exact) mass is 332 g/mol. The van der Waals surface area contributed by atoms with Crippen molar-refractivity contribution in [3.8, 4) is 0 Å². The lowest BCUT2D eigenvalue weighted by Crippen LogP contribution is -2.43. The largest absolute Gasteiger partial charge is 0.269 e. The van der Waals surface area contributed by atoms with Crippen molar-refractivity contribution >= 4 is 15.9 Å². The molecule has 4 fully saturated rings. The Morgan fingerprint density at radius 2 is 2.00 bits per heavy atom. The van der Waals surface area contributed by atoms with Crippen molar-refractivity contribution in [2.75, 3.05) is 5.75 Å². The van der Waals surface area contributed by atoms with Gasteiger partial charge in [0.05, 0.1) is 11.8 Å². The molecule has 0 aromatic heterocycles. The zero-order valence-corrected chi connectivity index (χ0v) is 14.3. The minimum atomic E-state index is -3.52. The Morgan fingerprint density at radius 1 is 1.30 bits per heavy atom. The zero-order chi connectivity index (χ0) is 16.5. The molecule has 0 N–H and O–H groups in total. The van der Waals surface area contributed by atoms with Crippen LogP contribution in [0.25, 0.3) is 0 Å². The maximum Gasteiger partial charge on any atom is 0.260 e. The van der Waals surface area contributed by atoms with E-state index in [9.17, 15) is 13.2 Å². The highest BCUT2D eigenvalue weighted by molar-refractivity contribution is 7.90. The molecule has 2 bridgehead atoms. The number of amides is 1. The molecular weight excluding hydrogens is 310 g/mol. The van der Waals surface area contributed by atoms with Crippen LogP contribution < -0.4 is 0 Å². The number of carbonyl (C=O) groups is 1. The minimum absolute atomic E-state index is 0.00480. The predicted octanol–water partition coefficient (Wildman–Crippen LogP) is 2.31. The second-order valence-electron chi connectivity index (χ2n) is 7.81. The van der Waals surface area contributed by atoms with Gasteiger partial charge in [-0.2, -0.15) is 0 Å². The van der Waals surface area contributed by atoms with Gasteiger partial charge in [0.15, 0.2) is 0 Å². The summed E-state index contributed by atoms with van der Waals surface area (Å²) in [5.41, 5.74) is -0.254. The van der Waals surface area contributed by atoms with Crippen molar-refractivity contribution in [3.63, 3.8) is 0 Å². The van der Waals surface area contributed by atoms with Crippen LogP contribution in [0.1, 0.15) is 33.1 Å². The maximum atomic E-state index is 12.7. The predicted molar refractivity (Wildman–Crippen MR) is 87.6 cm³/mol. The van der Waals surface area contributed by atoms with E-state index in [4.69, 9.17) is 0 Å². The molecule has 0 aromatic carbocycles. The molecule has 1 amide bonds. The summed E-state index contributed by atoms with van der Waals surface area (Å²) < 4.78 is 26.6. The van der Waals surface area contributed by atoms with E-state index in [1.54, 1.807) is 6.08 Å². The molecular formula is C18H22NO3S. The first-order valence-corrected chi connectivity index (χ1v) is 9.85. The van der Waals surface area contributed by atoms with Gasteiger partial charge in [0, 0.05) is 17.4 Å². The van der Waals surface area contributed by atoms with Gasteiger partial charge in [-0.05, 0) is 56.3 Å². The quantitative estimate of drug-likeness (QED) is 0.729. The molecule has 5 heteroatoms. The maximum absolute atomic E-state index is 12.7. The Balaban J connectivity index is 1.63. The summed E-state index contributed by atoms with van der Waals surface area (Å²) in [4.78, 5) is 12.6. The Morgan fingerprint density at radius 3 is 2.65 bits per heavy atom. The van der Waals surface area contributed by atoms with Crippen LogP contribution in [0.2, 0.25) is 0 Å². The summed E-state index contributed by atoms with van der Waals surface area (Å²) in [7, 11) is -3.52. The Hall–Kier alpha value is -0.840. The molecule has 5 radical (unpaired) electrons. The van der Waals surface area contributed by atoms with Gasteiger partial charge in [0.2, 0.25) is 10.0 Å². The highest BCUT2D eigenvalue weighted by Crippen LogP contribution is 2.69. The first kappa shape index (κ1) is 15.7. The number of hydrogen-bond donors (Lipinski definition) is 0. The van der Waals surface area contributed by atoms with E-state index in [1.165, 1.54) is 10.4 Å². The first-order chi connectivity index (χ1) is 10.8. The van der Waals surface area contributed by atoms with Gasteiger partial charge in [-0.3, -0.25) is 4.79 Å². The highest BCUT2D eigenvalue weighted by Gasteiger charge is 2.72. The third kappa shape index (κ3) is 2.01. The third-order valence-electron chi connectivity index (χ3n) is 6.74. The number of hydrogen-bond acceptors (Lipinski definition) is 3. The van der Waals surface area contributed by atoms with E-state index in [0.29, 0.717) is 5.92 Å². The average molecular weight is 332 g/mol. The van der Waals surface area contributed by atoms with E-state index in [-0.39, 0.29) is 22.6 Å². The fourth-order valence-corrected chi connectivity index (χ4v) is 7.83. The number of carbonyl (C=O) groups excluding carboxylic acids is 1. The lowest BCUT2D eigenvalue weighted by molar-refractivity contribution is -0.124. The van der Waals surface area contributed by atoms with Crippen molar-refractivity contribution in [2.24, 2.45) is 16.7 Å². The van der Waals surface area contributed by atoms with E-state index < -0.39 is 15.9 Å². The van der Waals surface area contributed by atoms with Gasteiger partial charge in [-0.25, -0.2) is 12.7 Å². The van der Waals surface area contributed by atoms with Crippen molar-refractivity contribution in [1.82, 2.24) is 4.31 Å². The molecule has 23 heavy (non-hydrogen) atoms. The van der Waals surface area contributed by atoms with Gasteiger partial charge in [-0.1, -0.05) is 19.9 Å². The second kappa shape index (κ2) is 4.84. The van der Waals surface area contributed by atoms with Gasteiger partial charge >= 0.3 is 0 Å². The molecule has 3 atom stereocenters. The van der Waals surface area contributed by atoms with E-state index in [0.717, 1.165) is 25.2 Å². The Kier molecular flexibility index (Phi) is 3.30.